The molecule has 10 aromatic carbocycles. The zero-order valence-corrected chi connectivity index (χ0v) is 38.0. The van der Waals surface area contributed by atoms with Gasteiger partial charge in [0.1, 0.15) is 5.65 Å². The van der Waals surface area contributed by atoms with E-state index in [0.717, 1.165) is 28.2 Å². The van der Waals surface area contributed by atoms with Crippen LogP contribution in [0.2, 0.25) is 0 Å². The Hall–Kier alpha value is -8.59. The molecule has 320 valence electrons. The fourth-order valence-electron chi connectivity index (χ4n) is 11.1. The molecule has 2 heterocycles. The molecule has 0 spiro atoms. The van der Waals surface area contributed by atoms with E-state index in [-0.39, 0.29) is 5.41 Å². The maximum Gasteiger partial charge on any atom is 0.137 e. The largest absolute Gasteiger partial charge is 0.299 e. The van der Waals surface area contributed by atoms with Crippen molar-refractivity contribution in [2.45, 2.75) is 19.3 Å². The molecule has 13 rings (SSSR count). The van der Waals surface area contributed by atoms with Crippen LogP contribution in [0.3, 0.4) is 0 Å². The van der Waals surface area contributed by atoms with Crippen molar-refractivity contribution in [3.05, 3.63) is 254 Å². The minimum absolute atomic E-state index is 0.252. The third kappa shape index (κ3) is 6.44. The second-order valence-electron chi connectivity index (χ2n) is 18.7. The first-order chi connectivity index (χ1) is 33.5. The Bertz CT molecular complexity index is 3900. The van der Waals surface area contributed by atoms with Crippen LogP contribution in [0.1, 0.15) is 25.0 Å². The van der Waals surface area contributed by atoms with Gasteiger partial charge in [-0.05, 0) is 142 Å². The quantitative estimate of drug-likeness (QED) is 0.146. The van der Waals surface area contributed by atoms with Crippen molar-refractivity contribution in [2.75, 3.05) is 0 Å². The molecule has 12 aromatic rings. The van der Waals surface area contributed by atoms with E-state index in [1.807, 2.05) is 0 Å². The minimum Gasteiger partial charge on any atom is -0.299 e. The van der Waals surface area contributed by atoms with Crippen molar-refractivity contribution in [1.82, 2.24) is 9.38 Å². The van der Waals surface area contributed by atoms with Gasteiger partial charge in [0.25, 0.3) is 0 Å². The molecular weight excluding hydrogens is 821 g/mol. The molecule has 0 amide bonds. The van der Waals surface area contributed by atoms with Crippen molar-refractivity contribution in [3.8, 4) is 89.3 Å². The van der Waals surface area contributed by atoms with Crippen LogP contribution < -0.4 is 0 Å². The number of hydrogen-bond donors (Lipinski definition) is 0. The van der Waals surface area contributed by atoms with Crippen LogP contribution in [0.25, 0.3) is 116 Å². The number of benzene rings is 10. The summed E-state index contributed by atoms with van der Waals surface area (Å²) >= 11 is 0. The Balaban J connectivity index is 0.983. The van der Waals surface area contributed by atoms with Gasteiger partial charge in [0, 0.05) is 22.7 Å². The van der Waals surface area contributed by atoms with E-state index in [1.54, 1.807) is 0 Å². The molecular formula is C66H46N2. The van der Waals surface area contributed by atoms with E-state index >= 15 is 0 Å². The first-order valence-electron chi connectivity index (χ1n) is 23.6. The molecule has 0 bridgehead atoms. The van der Waals surface area contributed by atoms with Gasteiger partial charge in [0.2, 0.25) is 0 Å². The number of hydrogen-bond acceptors (Lipinski definition) is 1. The van der Waals surface area contributed by atoms with E-state index in [2.05, 4.69) is 261 Å². The summed E-state index contributed by atoms with van der Waals surface area (Å²) in [4.78, 5) is 5.14. The molecule has 2 aromatic heterocycles. The van der Waals surface area contributed by atoms with Crippen LogP contribution in [0.15, 0.2) is 243 Å². The summed E-state index contributed by atoms with van der Waals surface area (Å²) in [5.74, 6) is 0. The summed E-state index contributed by atoms with van der Waals surface area (Å²) in [5, 5.41) is 5.04. The van der Waals surface area contributed by atoms with E-state index in [0.29, 0.717) is 0 Å². The van der Waals surface area contributed by atoms with Crippen LogP contribution >= 0.6 is 0 Å². The summed E-state index contributed by atoms with van der Waals surface area (Å²) in [6.07, 6.45) is 2.10. The Morgan fingerprint density at radius 1 is 0.324 bits per heavy atom. The monoisotopic (exact) mass is 866 g/mol. The van der Waals surface area contributed by atoms with Gasteiger partial charge in [-0.2, -0.15) is 0 Å². The summed E-state index contributed by atoms with van der Waals surface area (Å²) in [6.45, 7) is 4.82. The van der Waals surface area contributed by atoms with Crippen molar-refractivity contribution < 1.29 is 0 Å². The molecule has 0 fully saturated rings. The fraction of sp³-hybridized carbons (Fsp3) is 0.0455. The molecule has 0 radical (unpaired) electrons. The third-order valence-corrected chi connectivity index (χ3v) is 14.4. The minimum atomic E-state index is -0.252. The van der Waals surface area contributed by atoms with Crippen LogP contribution in [0.4, 0.5) is 0 Å². The Morgan fingerprint density at radius 2 is 0.779 bits per heavy atom. The highest BCUT2D eigenvalue weighted by atomic mass is 15.0. The molecule has 0 saturated carbocycles. The lowest BCUT2D eigenvalue weighted by Crippen LogP contribution is -2.15. The van der Waals surface area contributed by atoms with Gasteiger partial charge in [0.15, 0.2) is 0 Å². The highest BCUT2D eigenvalue weighted by molar-refractivity contribution is 6.22. The van der Waals surface area contributed by atoms with Crippen molar-refractivity contribution in [1.29, 1.82) is 0 Å². The summed E-state index contributed by atoms with van der Waals surface area (Å²) < 4.78 is 2.19. The second-order valence-corrected chi connectivity index (χ2v) is 18.7. The van der Waals surface area contributed by atoms with E-state index in [9.17, 15) is 0 Å². The normalized spacial score (nSPS) is 12.7. The molecule has 0 saturated heterocycles. The maximum absolute atomic E-state index is 5.14. The standard InChI is InChI=1S/C66H46N2/c1-66(2)59-40-50(45-31-33-46(34-32-45)64-65(47-22-10-5-11-23-47)68-37-15-14-30-61(68)67-64)35-36-53(59)56-41-57-58(42-60(56)66)63(52-27-17-25-49(39-52)44-20-8-4-9-21-44)55-29-13-12-28-54(55)62(57)51-26-16-24-48(38-51)43-18-6-3-7-19-43/h3-42H,1-2H3. The van der Waals surface area contributed by atoms with Crippen LogP contribution in [-0.4, -0.2) is 9.38 Å². The summed E-state index contributed by atoms with van der Waals surface area (Å²) in [6, 6.07) is 86.7. The molecule has 1 aliphatic rings. The molecule has 0 atom stereocenters. The van der Waals surface area contributed by atoms with E-state index in [1.165, 1.54) is 99.4 Å². The van der Waals surface area contributed by atoms with Crippen molar-refractivity contribution in [3.63, 3.8) is 0 Å². The van der Waals surface area contributed by atoms with Gasteiger partial charge in [0.05, 0.1) is 11.4 Å². The number of fused-ring (bicyclic) bond motifs is 6. The van der Waals surface area contributed by atoms with Gasteiger partial charge in [-0.1, -0.05) is 208 Å². The number of aromatic nitrogens is 2. The average Bonchev–Trinajstić information content (AvgIpc) is 3.90. The molecule has 0 unspecified atom stereocenters. The zero-order chi connectivity index (χ0) is 45.3. The summed E-state index contributed by atoms with van der Waals surface area (Å²) in [5.41, 5.74) is 22.5. The maximum atomic E-state index is 5.14. The zero-order valence-electron chi connectivity index (χ0n) is 38.0. The van der Waals surface area contributed by atoms with Crippen molar-refractivity contribution in [2.24, 2.45) is 0 Å². The molecule has 68 heavy (non-hydrogen) atoms. The van der Waals surface area contributed by atoms with Crippen LogP contribution in [0.5, 0.6) is 0 Å². The van der Waals surface area contributed by atoms with Crippen LogP contribution in [-0.2, 0) is 5.41 Å². The lowest BCUT2D eigenvalue weighted by molar-refractivity contribution is 0.661. The fourth-order valence-corrected chi connectivity index (χ4v) is 11.1. The van der Waals surface area contributed by atoms with Gasteiger partial charge >= 0.3 is 0 Å². The van der Waals surface area contributed by atoms with Crippen molar-refractivity contribution >= 4 is 27.2 Å². The number of nitrogens with zero attached hydrogens (tertiary/aromatic N) is 2. The molecule has 2 heteroatoms. The van der Waals surface area contributed by atoms with Gasteiger partial charge in [-0.3, -0.25) is 4.40 Å². The number of imidazole rings is 1. The highest BCUT2D eigenvalue weighted by Crippen LogP contribution is 2.54. The predicted octanol–water partition coefficient (Wildman–Crippen LogP) is 17.6. The smallest absolute Gasteiger partial charge is 0.137 e. The molecule has 0 aliphatic heterocycles. The Labute approximate surface area is 397 Å². The van der Waals surface area contributed by atoms with Crippen LogP contribution in [0, 0.1) is 0 Å². The number of rotatable bonds is 7. The summed E-state index contributed by atoms with van der Waals surface area (Å²) in [7, 11) is 0. The first-order valence-corrected chi connectivity index (χ1v) is 23.6. The van der Waals surface area contributed by atoms with E-state index in [4.69, 9.17) is 4.98 Å². The Morgan fingerprint density at radius 3 is 1.40 bits per heavy atom. The predicted molar refractivity (Wildman–Crippen MR) is 286 cm³/mol. The first kappa shape index (κ1) is 39.7. The highest BCUT2D eigenvalue weighted by Gasteiger charge is 2.37. The SMILES string of the molecule is CC1(C)c2cc(-c3ccc(-c4nc5ccccn5c4-c4ccccc4)cc3)ccc2-c2cc3c(-c4cccc(-c5ccccc5)c4)c4ccccc4c(-c4cccc(-c5ccccc5)c4)c3cc21. The molecule has 0 N–H and O–H groups in total. The lowest BCUT2D eigenvalue weighted by atomic mass is 9.79. The number of pyridine rings is 1. The van der Waals surface area contributed by atoms with Gasteiger partial charge in [-0.25, -0.2) is 4.98 Å². The van der Waals surface area contributed by atoms with E-state index < -0.39 is 0 Å². The lowest BCUT2D eigenvalue weighted by Gasteiger charge is -2.24. The molecule has 2 nitrogen and oxygen atoms in total. The topological polar surface area (TPSA) is 17.3 Å². The molecule has 1 aliphatic carbocycles. The Kier molecular flexibility index (Phi) is 9.23. The average molecular weight is 867 g/mol. The second kappa shape index (κ2) is 15.8. The van der Waals surface area contributed by atoms with Gasteiger partial charge < -0.3 is 0 Å². The third-order valence-electron chi connectivity index (χ3n) is 14.4. The van der Waals surface area contributed by atoms with Gasteiger partial charge in [-0.15, -0.1) is 0 Å².